The number of methoxy groups -OCH3 is 1. The molecule has 0 bridgehead atoms. The maximum Gasteiger partial charge on any atom is 0.402 e. The quantitative estimate of drug-likeness (QED) is 0.264. The van der Waals surface area contributed by atoms with Gasteiger partial charge < -0.3 is 14.8 Å². The lowest BCUT2D eigenvalue weighted by Gasteiger charge is -2.29. The second kappa shape index (κ2) is 60.3. The number of carbonyl (C=O) groups excluding carboxylic acids is 2. The van der Waals surface area contributed by atoms with Gasteiger partial charge in [0.1, 0.15) is 15.6 Å². The number of nitrogens with one attached hydrogen (secondary N) is 1. The van der Waals surface area contributed by atoms with Crippen molar-refractivity contribution in [2.24, 2.45) is 10.8 Å². The summed E-state index contributed by atoms with van der Waals surface area (Å²) < 4.78 is 151. The van der Waals surface area contributed by atoms with Crippen LogP contribution in [-0.2, 0) is 35.0 Å². The fraction of sp³-hybridized carbons (Fsp3) is 0.720. The van der Waals surface area contributed by atoms with Crippen molar-refractivity contribution in [3.05, 3.63) is 71.8 Å². The van der Waals surface area contributed by atoms with Gasteiger partial charge in [-0.2, -0.15) is 38.1 Å². The minimum absolute atomic E-state index is 0.00463. The second-order valence-electron chi connectivity index (χ2n) is 17.7. The minimum Gasteiger partial charge on any atom is -0.388 e. The zero-order valence-corrected chi connectivity index (χ0v) is 49.1. The van der Waals surface area contributed by atoms with E-state index in [0.29, 0.717) is 23.4 Å². The van der Waals surface area contributed by atoms with Crippen molar-refractivity contribution in [3.8, 4) is 0 Å². The van der Waals surface area contributed by atoms with E-state index in [1.807, 2.05) is 12.5 Å². The molecule has 0 aliphatic carbocycles. The summed E-state index contributed by atoms with van der Waals surface area (Å²) >= 11 is 1.75. The topological polar surface area (TPSA) is 89.5 Å². The van der Waals surface area contributed by atoms with Crippen LogP contribution in [0.4, 0.5) is 52.7 Å². The maximum atomic E-state index is 11.6. The van der Waals surface area contributed by atoms with Crippen molar-refractivity contribution in [2.45, 2.75) is 154 Å². The molecule has 6 nitrogen and oxygen atoms in total. The first-order chi connectivity index (χ1) is 31.2. The highest BCUT2D eigenvalue weighted by Crippen LogP contribution is 2.49. The molecule has 1 amide bonds. The van der Waals surface area contributed by atoms with Crippen molar-refractivity contribution in [3.63, 3.8) is 0 Å². The first-order valence-electron chi connectivity index (χ1n) is 21.2. The summed E-state index contributed by atoms with van der Waals surface area (Å²) in [6.07, 6.45) is -2.84. The molecule has 0 atom stereocenters. The normalized spacial score (nSPS) is 9.86. The molecule has 0 saturated carbocycles. The van der Waals surface area contributed by atoms with Gasteiger partial charge in [0.05, 0.1) is 13.9 Å². The molecule has 0 heterocycles. The van der Waals surface area contributed by atoms with Crippen molar-refractivity contribution < 1.29 is 75.4 Å². The van der Waals surface area contributed by atoms with E-state index in [1.54, 1.807) is 33.0 Å². The number of benzene rings is 2. The first-order valence-corrected chi connectivity index (χ1v) is 25.2. The van der Waals surface area contributed by atoms with E-state index in [4.69, 9.17) is 0 Å². The highest BCUT2D eigenvalue weighted by molar-refractivity contribution is 7.97. The lowest BCUT2D eigenvalue weighted by Crippen LogP contribution is -2.44. The molecule has 2 aromatic rings. The molecule has 0 radical (unpaired) electrons. The Kier molecular flexibility index (Phi) is 83.1. The number of ketones is 1. The van der Waals surface area contributed by atoms with Crippen LogP contribution in [0.1, 0.15) is 142 Å². The number of Topliss-reactive ketones (excluding diaryl/α,β-unsaturated/α-hetero) is 1. The largest absolute Gasteiger partial charge is 0.402 e. The Morgan fingerprint density at radius 1 is 0.571 bits per heavy atom. The summed E-state index contributed by atoms with van der Waals surface area (Å²) in [4.78, 5) is 19.1. The maximum absolute atomic E-state index is 11.6. The van der Waals surface area contributed by atoms with Crippen molar-refractivity contribution in [1.29, 1.82) is 0 Å². The average molecular weight is 1080 g/mol. The van der Waals surface area contributed by atoms with Crippen LogP contribution in [-0.4, -0.2) is 106 Å². The third-order valence-corrected chi connectivity index (χ3v) is 5.05. The van der Waals surface area contributed by atoms with Crippen LogP contribution >= 0.6 is 11.8 Å². The van der Waals surface area contributed by atoms with Gasteiger partial charge in [-0.05, 0) is 74.5 Å². The number of rotatable bonds is 0. The second-order valence-corrected chi connectivity index (χ2v) is 20.8. The monoisotopic (exact) mass is 1080 g/mol. The van der Waals surface area contributed by atoms with E-state index < -0.39 is 41.5 Å². The molecule has 1 N–H and O–H groups in total. The molecule has 2 rings (SSSR count). The number of hydrogen-bond acceptors (Lipinski definition) is 6. The first kappa shape index (κ1) is 96.5. The third kappa shape index (κ3) is 131. The predicted molar refractivity (Wildman–Crippen MR) is 279 cm³/mol. The molecule has 70 heavy (non-hydrogen) atoms. The Balaban J connectivity index is -0.0000000537. The molecule has 0 aliphatic heterocycles. The van der Waals surface area contributed by atoms with Crippen LogP contribution in [0.5, 0.6) is 0 Å². The average Bonchev–Trinajstić information content (AvgIpc) is 3.16. The van der Waals surface area contributed by atoms with Crippen molar-refractivity contribution in [1.82, 2.24) is 5.32 Å². The number of sulfone groups is 1. The Hall–Kier alpha value is -3.00. The lowest BCUT2D eigenvalue weighted by atomic mass is 9.87. The fourth-order valence-electron chi connectivity index (χ4n) is 2.04. The van der Waals surface area contributed by atoms with Crippen LogP contribution in [0.25, 0.3) is 0 Å². The molecule has 0 aliphatic rings. The summed E-state index contributed by atoms with van der Waals surface area (Å²) in [7, 11) is 2.68. The summed E-state index contributed by atoms with van der Waals surface area (Å²) in [5.41, 5.74) is 0.257. The van der Waals surface area contributed by atoms with E-state index in [0.717, 1.165) is 12.5 Å². The van der Waals surface area contributed by atoms with Crippen LogP contribution in [0.2, 0.25) is 0 Å². The zero-order valence-electron chi connectivity index (χ0n) is 47.5. The summed E-state index contributed by atoms with van der Waals surface area (Å²) in [6.45, 7) is 28.8. The van der Waals surface area contributed by atoms with Gasteiger partial charge in [0.25, 0.3) is 0 Å². The number of carbonyl (C=O) groups is 2. The highest BCUT2D eigenvalue weighted by Gasteiger charge is 2.64. The smallest absolute Gasteiger partial charge is 0.388 e. The number of halogens is 12. The molecular weight excluding hydrogens is 987 g/mol. The van der Waals surface area contributed by atoms with E-state index >= 15 is 0 Å². The third-order valence-electron chi connectivity index (χ3n) is 5.05. The van der Waals surface area contributed by atoms with Crippen molar-refractivity contribution >= 4 is 33.3 Å². The lowest BCUT2D eigenvalue weighted by molar-refractivity contribution is -0.327. The standard InChI is InChI=1S/2C10H14.C5H6F6.C5H12.C3H7NO.C3H6O.C3H8.C2H5F.C2H6O2S.C2H6O.C2H6S.2CH2F2.CH3F/c2*1-10(2,3)9-7-5-4-6-8-9;1-3(2,4(6,7)8)5(9,10)11;1-5(2,3)4;1-3(5)4-2;1-3(2)4;1-3-2;1-2-3;1-5(2,3)4;2*1-3-2;2*2-1-3;1-2/h2*4-8H,1-3H3;1-2H3;1-4H3;1-2H3,(H,4,5);1-2H3;3H2,1-2H3;2H2,1H3;1-2H3;2*1-2H3;2*1H2;1H3. The molecule has 0 spiro atoms. The fourth-order valence-corrected chi connectivity index (χ4v) is 2.04. The molecule has 0 fully saturated rings. The predicted octanol–water partition coefficient (Wildman–Crippen LogP) is 17.2. The van der Waals surface area contributed by atoms with Crippen LogP contribution in [0.15, 0.2) is 60.7 Å². The molecule has 428 valence electrons. The van der Waals surface area contributed by atoms with Gasteiger partial charge in [0.2, 0.25) is 19.8 Å². The molecular formula is C50H97F12NO5S2. The number of hydrogen-bond donors (Lipinski definition) is 1. The van der Waals surface area contributed by atoms with Gasteiger partial charge in [0, 0.05) is 40.7 Å². The number of alkyl halides is 12. The van der Waals surface area contributed by atoms with Gasteiger partial charge in [-0.15, -0.1) is 0 Å². The van der Waals surface area contributed by atoms with Gasteiger partial charge in [-0.3, -0.25) is 13.6 Å². The Bertz CT molecular complexity index is 1300. The van der Waals surface area contributed by atoms with Gasteiger partial charge in [-0.1, -0.05) is 150 Å². The summed E-state index contributed by atoms with van der Waals surface area (Å²) in [6, 6.07) is 21.1. The summed E-state index contributed by atoms with van der Waals surface area (Å²) in [5.74, 6) is 0.171. The van der Waals surface area contributed by atoms with Crippen LogP contribution in [0.3, 0.4) is 0 Å². The Morgan fingerprint density at radius 3 is 0.729 bits per heavy atom. The number of ether oxygens (including phenoxy) is 1. The van der Waals surface area contributed by atoms with E-state index in [2.05, 4.69) is 154 Å². The molecule has 0 aromatic heterocycles. The van der Waals surface area contributed by atoms with Crippen LogP contribution in [0, 0.1) is 10.8 Å². The SMILES string of the molecule is CC(C)(C(F)(F)F)C(F)(F)F.CC(C)(C)C.CC(C)(C)c1ccccc1.CC(C)(C)c1ccccc1.CC(C)=O.CCC.CCF.CF.CNC(C)=O.COC.CS(C)(=O)=O.CSC.FCF.FCF. The molecule has 0 unspecified atom stereocenters. The van der Waals surface area contributed by atoms with E-state index in [1.165, 1.54) is 45.2 Å². The van der Waals surface area contributed by atoms with Gasteiger partial charge in [0.15, 0.2) is 5.41 Å². The molecule has 20 heteroatoms. The van der Waals surface area contributed by atoms with E-state index in [9.17, 15) is 70.7 Å². The van der Waals surface area contributed by atoms with Gasteiger partial charge >= 0.3 is 12.4 Å². The van der Waals surface area contributed by atoms with Gasteiger partial charge in [-0.25, -0.2) is 26.0 Å². The van der Waals surface area contributed by atoms with E-state index in [-0.39, 0.29) is 32.2 Å². The zero-order chi connectivity index (χ0) is 59.8. The van der Waals surface area contributed by atoms with Crippen LogP contribution < -0.4 is 5.32 Å². The highest BCUT2D eigenvalue weighted by atomic mass is 32.2. The Labute approximate surface area is 423 Å². The van der Waals surface area contributed by atoms with Crippen molar-refractivity contribution in [2.75, 3.05) is 74.0 Å². The Morgan fingerprint density at radius 2 is 0.686 bits per heavy atom. The minimum atomic E-state index is -5.24. The molecule has 2 aromatic carbocycles. The summed E-state index contributed by atoms with van der Waals surface area (Å²) in [5, 5.41) is 2.39. The molecule has 0 saturated heterocycles. The number of thioether (sulfide) groups is 1. The number of amides is 1.